The highest BCUT2D eigenvalue weighted by Gasteiger charge is 2.14. The van der Waals surface area contributed by atoms with E-state index in [0.717, 1.165) is 12.1 Å². The lowest BCUT2D eigenvalue weighted by atomic mass is 10.1. The van der Waals surface area contributed by atoms with Crippen LogP contribution in [0, 0.1) is 0 Å². The van der Waals surface area contributed by atoms with E-state index in [4.69, 9.17) is 40.6 Å². The molecule has 3 N–H and O–H groups in total. The van der Waals surface area contributed by atoms with E-state index >= 15 is 0 Å². The number of halogens is 3. The number of pyridine rings is 1. The maximum Gasteiger partial charge on any atom is 0.0928 e. The smallest absolute Gasteiger partial charge is 0.0928 e. The van der Waals surface area contributed by atoms with Gasteiger partial charge in [-0.2, -0.15) is 0 Å². The quantitative estimate of drug-likeness (QED) is 0.498. The van der Waals surface area contributed by atoms with Gasteiger partial charge in [0, 0.05) is 11.1 Å². The topological polar surface area (TPSA) is 50.9 Å². The number of hydrogen-bond donors (Lipinski definition) is 2. The monoisotopic (exact) mass is 289 g/mol. The lowest BCUT2D eigenvalue weighted by Crippen LogP contribution is -2.08. The fourth-order valence-corrected chi connectivity index (χ4v) is 2.40. The molecule has 2 rings (SSSR count). The highest BCUT2D eigenvalue weighted by molar-refractivity contribution is 6.48. The normalized spacial score (nSPS) is 10.9. The number of aromatic nitrogens is 1. The van der Waals surface area contributed by atoms with Crippen molar-refractivity contribution in [1.29, 1.82) is 0 Å². The van der Waals surface area contributed by atoms with E-state index in [9.17, 15) is 0 Å². The molecule has 6 heteroatoms. The standard InChI is InChI=1S/C11H10Cl3N3/c1-2-5-3-8(17-15)9-10(14)6(12)4-7(13)11(9)16-5/h3-4H,2,15H2,1H3,(H,16,17). The minimum atomic E-state index is 0.381. The van der Waals surface area contributed by atoms with E-state index in [1.807, 2.05) is 13.0 Å². The van der Waals surface area contributed by atoms with Gasteiger partial charge in [-0.25, -0.2) is 0 Å². The van der Waals surface area contributed by atoms with Crippen LogP contribution in [0.25, 0.3) is 10.9 Å². The number of hydrazine groups is 1. The zero-order valence-electron chi connectivity index (χ0n) is 9.02. The zero-order valence-corrected chi connectivity index (χ0v) is 11.3. The van der Waals surface area contributed by atoms with Gasteiger partial charge in [-0.15, -0.1) is 0 Å². The Kier molecular flexibility index (Phi) is 3.64. The number of aryl methyl sites for hydroxylation is 1. The first-order chi connectivity index (χ1) is 8.08. The number of nitrogens with zero attached hydrogens (tertiary/aromatic N) is 1. The minimum absolute atomic E-state index is 0.381. The van der Waals surface area contributed by atoms with E-state index in [0.29, 0.717) is 31.7 Å². The van der Waals surface area contributed by atoms with Crippen molar-refractivity contribution in [2.45, 2.75) is 13.3 Å². The van der Waals surface area contributed by atoms with Crippen LogP contribution >= 0.6 is 34.8 Å². The molecular weight excluding hydrogens is 281 g/mol. The van der Waals surface area contributed by atoms with Crippen LogP contribution in [-0.2, 0) is 6.42 Å². The molecule has 0 saturated heterocycles. The SMILES string of the molecule is CCc1cc(NN)c2c(Cl)c(Cl)cc(Cl)c2n1. The lowest BCUT2D eigenvalue weighted by Gasteiger charge is -2.11. The van der Waals surface area contributed by atoms with Crippen LogP contribution in [0.1, 0.15) is 12.6 Å². The first-order valence-electron chi connectivity index (χ1n) is 5.02. The van der Waals surface area contributed by atoms with Crippen LogP contribution in [0.2, 0.25) is 15.1 Å². The molecule has 90 valence electrons. The highest BCUT2D eigenvalue weighted by Crippen LogP contribution is 2.39. The molecule has 0 aliphatic carbocycles. The summed E-state index contributed by atoms with van der Waals surface area (Å²) in [5.74, 6) is 5.49. The fourth-order valence-electron chi connectivity index (χ4n) is 1.65. The van der Waals surface area contributed by atoms with Gasteiger partial charge < -0.3 is 5.43 Å². The van der Waals surface area contributed by atoms with Crippen molar-refractivity contribution >= 4 is 51.4 Å². The van der Waals surface area contributed by atoms with Crippen molar-refractivity contribution in [3.05, 3.63) is 32.9 Å². The molecule has 0 spiro atoms. The number of anilines is 1. The Morgan fingerprint density at radius 3 is 2.53 bits per heavy atom. The summed E-state index contributed by atoms with van der Waals surface area (Å²) in [6.45, 7) is 2.00. The average Bonchev–Trinajstić information content (AvgIpc) is 2.34. The predicted molar refractivity (Wildman–Crippen MR) is 74.0 cm³/mol. The average molecular weight is 291 g/mol. The van der Waals surface area contributed by atoms with Gasteiger partial charge in [0.1, 0.15) is 0 Å². The van der Waals surface area contributed by atoms with Gasteiger partial charge in [0.2, 0.25) is 0 Å². The molecule has 0 aliphatic rings. The van der Waals surface area contributed by atoms with Crippen molar-refractivity contribution in [2.24, 2.45) is 5.84 Å². The summed E-state index contributed by atoms with van der Waals surface area (Å²) >= 11 is 18.3. The van der Waals surface area contributed by atoms with Gasteiger partial charge in [-0.1, -0.05) is 41.7 Å². The maximum atomic E-state index is 6.15. The van der Waals surface area contributed by atoms with Crippen molar-refractivity contribution in [3.63, 3.8) is 0 Å². The number of fused-ring (bicyclic) bond motifs is 1. The largest absolute Gasteiger partial charge is 0.323 e. The molecule has 1 aromatic heterocycles. The Morgan fingerprint density at radius 2 is 1.94 bits per heavy atom. The molecule has 1 aromatic carbocycles. The highest BCUT2D eigenvalue weighted by atomic mass is 35.5. The maximum absolute atomic E-state index is 6.15. The van der Waals surface area contributed by atoms with E-state index in [-0.39, 0.29) is 0 Å². The van der Waals surface area contributed by atoms with E-state index in [1.54, 1.807) is 6.07 Å². The second kappa shape index (κ2) is 4.86. The van der Waals surface area contributed by atoms with Gasteiger partial charge in [0.25, 0.3) is 0 Å². The van der Waals surface area contributed by atoms with Gasteiger partial charge in [-0.3, -0.25) is 10.8 Å². The molecule has 0 bridgehead atoms. The number of nitrogens with two attached hydrogens (primary N) is 1. The van der Waals surface area contributed by atoms with Crippen LogP contribution in [0.5, 0.6) is 0 Å². The summed E-state index contributed by atoms with van der Waals surface area (Å²) in [5, 5.41) is 1.88. The molecule has 0 unspecified atom stereocenters. The van der Waals surface area contributed by atoms with Crippen LogP contribution in [-0.4, -0.2) is 4.98 Å². The fraction of sp³-hybridized carbons (Fsp3) is 0.182. The molecular formula is C11H10Cl3N3. The summed E-state index contributed by atoms with van der Waals surface area (Å²) in [6, 6.07) is 3.42. The number of hydrogen-bond acceptors (Lipinski definition) is 3. The van der Waals surface area contributed by atoms with Crippen molar-refractivity contribution in [2.75, 3.05) is 5.43 Å². The van der Waals surface area contributed by atoms with Gasteiger partial charge >= 0.3 is 0 Å². The van der Waals surface area contributed by atoms with Crippen LogP contribution in [0.3, 0.4) is 0 Å². The van der Waals surface area contributed by atoms with Gasteiger partial charge in [0.05, 0.1) is 26.3 Å². The Labute approximate surface area is 114 Å². The Hall–Kier alpha value is -0.740. The molecule has 0 fully saturated rings. The van der Waals surface area contributed by atoms with Crippen LogP contribution < -0.4 is 11.3 Å². The summed E-state index contributed by atoms with van der Waals surface area (Å²) in [7, 11) is 0. The summed E-state index contributed by atoms with van der Waals surface area (Å²) < 4.78 is 0. The van der Waals surface area contributed by atoms with Crippen molar-refractivity contribution in [3.8, 4) is 0 Å². The molecule has 0 saturated carbocycles. The van der Waals surface area contributed by atoms with E-state index in [2.05, 4.69) is 10.4 Å². The first-order valence-corrected chi connectivity index (χ1v) is 6.15. The number of rotatable bonds is 2. The van der Waals surface area contributed by atoms with Crippen LogP contribution in [0.4, 0.5) is 5.69 Å². The van der Waals surface area contributed by atoms with E-state index < -0.39 is 0 Å². The van der Waals surface area contributed by atoms with Gasteiger partial charge in [0.15, 0.2) is 0 Å². The molecule has 1 heterocycles. The number of benzene rings is 1. The molecule has 3 nitrogen and oxygen atoms in total. The zero-order chi connectivity index (χ0) is 12.6. The lowest BCUT2D eigenvalue weighted by molar-refractivity contribution is 1.06. The van der Waals surface area contributed by atoms with Crippen LogP contribution in [0.15, 0.2) is 12.1 Å². The summed E-state index contributed by atoms with van der Waals surface area (Å²) in [5.41, 5.74) is 4.75. The molecule has 17 heavy (non-hydrogen) atoms. The third kappa shape index (κ3) is 2.16. The second-order valence-corrected chi connectivity index (χ2v) is 4.73. The Balaban J connectivity index is 2.93. The van der Waals surface area contributed by atoms with Crippen molar-refractivity contribution in [1.82, 2.24) is 4.98 Å². The molecule has 0 atom stereocenters. The minimum Gasteiger partial charge on any atom is -0.323 e. The van der Waals surface area contributed by atoms with Gasteiger partial charge in [-0.05, 0) is 18.6 Å². The van der Waals surface area contributed by atoms with Crippen molar-refractivity contribution < 1.29 is 0 Å². The molecule has 0 aliphatic heterocycles. The second-order valence-electron chi connectivity index (χ2n) is 3.54. The predicted octanol–water partition coefficient (Wildman–Crippen LogP) is 4.04. The third-order valence-electron chi connectivity index (χ3n) is 2.50. The molecule has 0 radical (unpaired) electrons. The number of nitrogen functional groups attached to an aromatic ring is 1. The Morgan fingerprint density at radius 1 is 1.24 bits per heavy atom. The molecule has 0 amide bonds. The first kappa shape index (κ1) is 12.7. The summed E-state index contributed by atoms with van der Waals surface area (Å²) in [4.78, 5) is 4.43. The Bertz CT molecular complexity index is 584. The summed E-state index contributed by atoms with van der Waals surface area (Å²) in [6.07, 6.45) is 0.779. The van der Waals surface area contributed by atoms with E-state index in [1.165, 1.54) is 0 Å². The molecule has 2 aromatic rings. The number of nitrogens with one attached hydrogen (secondary N) is 1. The third-order valence-corrected chi connectivity index (χ3v) is 3.57.